The van der Waals surface area contributed by atoms with Gasteiger partial charge < -0.3 is 10.1 Å². The molecule has 0 aliphatic carbocycles. The Morgan fingerprint density at radius 2 is 2.35 bits per heavy atom. The standard InChI is InChI=1S/C15H20N2O2S/c1-2-4-12(13-5-3-10-20-13)17-14(18)15(11-16)6-8-19-9-7-15/h3,5,10,12H,2,4,6-9H2,1H3,(H,17,18). The first-order valence-electron chi connectivity index (χ1n) is 7.05. The zero-order chi connectivity index (χ0) is 14.4. The van der Waals surface area contributed by atoms with E-state index in [0.29, 0.717) is 26.1 Å². The fourth-order valence-electron chi connectivity index (χ4n) is 2.47. The van der Waals surface area contributed by atoms with E-state index in [1.54, 1.807) is 11.3 Å². The van der Waals surface area contributed by atoms with Crippen LogP contribution in [-0.4, -0.2) is 19.1 Å². The second-order valence-corrected chi connectivity index (χ2v) is 6.12. The van der Waals surface area contributed by atoms with Crippen LogP contribution in [0.25, 0.3) is 0 Å². The van der Waals surface area contributed by atoms with Gasteiger partial charge in [-0.1, -0.05) is 19.4 Å². The Bertz CT molecular complexity index is 473. The number of hydrogen-bond acceptors (Lipinski definition) is 4. The van der Waals surface area contributed by atoms with Crippen molar-refractivity contribution in [2.24, 2.45) is 5.41 Å². The molecule has 1 aromatic rings. The second-order valence-electron chi connectivity index (χ2n) is 5.14. The number of hydrogen-bond donors (Lipinski definition) is 1. The third-order valence-electron chi connectivity index (χ3n) is 3.76. The van der Waals surface area contributed by atoms with Crippen LogP contribution in [0.2, 0.25) is 0 Å². The predicted molar refractivity (Wildman–Crippen MR) is 78.2 cm³/mol. The third kappa shape index (κ3) is 3.20. The molecule has 1 N–H and O–H groups in total. The number of nitriles is 1. The summed E-state index contributed by atoms with van der Waals surface area (Å²) in [4.78, 5) is 13.7. The number of nitrogens with zero attached hydrogens (tertiary/aromatic N) is 1. The molecule has 0 spiro atoms. The molecule has 1 aromatic heterocycles. The van der Waals surface area contributed by atoms with E-state index in [1.165, 1.54) is 0 Å². The van der Waals surface area contributed by atoms with Crippen LogP contribution in [0.15, 0.2) is 17.5 Å². The lowest BCUT2D eigenvalue weighted by molar-refractivity contribution is -0.133. The van der Waals surface area contributed by atoms with Crippen LogP contribution in [0, 0.1) is 16.7 Å². The maximum atomic E-state index is 12.5. The van der Waals surface area contributed by atoms with Crippen molar-refractivity contribution in [3.8, 4) is 6.07 Å². The van der Waals surface area contributed by atoms with E-state index in [0.717, 1.165) is 17.7 Å². The molecule has 1 fully saturated rings. The highest BCUT2D eigenvalue weighted by Crippen LogP contribution is 2.32. The van der Waals surface area contributed by atoms with Gasteiger partial charge in [0.2, 0.25) is 5.91 Å². The van der Waals surface area contributed by atoms with Crippen LogP contribution in [0.3, 0.4) is 0 Å². The average molecular weight is 292 g/mol. The molecule has 4 nitrogen and oxygen atoms in total. The Kier molecular flexibility index (Phi) is 5.16. The van der Waals surface area contributed by atoms with Crippen molar-refractivity contribution in [2.45, 2.75) is 38.6 Å². The van der Waals surface area contributed by atoms with Gasteiger partial charge in [0.25, 0.3) is 0 Å². The van der Waals surface area contributed by atoms with Crippen LogP contribution in [-0.2, 0) is 9.53 Å². The van der Waals surface area contributed by atoms with Gasteiger partial charge in [-0.05, 0) is 30.7 Å². The van der Waals surface area contributed by atoms with Crippen LogP contribution in [0.4, 0.5) is 0 Å². The molecular weight excluding hydrogens is 272 g/mol. The summed E-state index contributed by atoms with van der Waals surface area (Å²) in [5.41, 5.74) is -0.915. The monoisotopic (exact) mass is 292 g/mol. The number of amides is 1. The highest BCUT2D eigenvalue weighted by molar-refractivity contribution is 7.10. The molecule has 0 radical (unpaired) electrons. The van der Waals surface area contributed by atoms with E-state index in [4.69, 9.17) is 4.74 Å². The van der Waals surface area contributed by atoms with Crippen molar-refractivity contribution in [1.82, 2.24) is 5.32 Å². The maximum absolute atomic E-state index is 12.5. The molecule has 0 bridgehead atoms. The fourth-order valence-corrected chi connectivity index (χ4v) is 3.28. The summed E-state index contributed by atoms with van der Waals surface area (Å²) in [5.74, 6) is -0.143. The van der Waals surface area contributed by atoms with Crippen molar-refractivity contribution in [1.29, 1.82) is 5.26 Å². The number of nitrogens with one attached hydrogen (secondary N) is 1. The number of carbonyl (C=O) groups excluding carboxylic acids is 1. The largest absolute Gasteiger partial charge is 0.381 e. The third-order valence-corrected chi connectivity index (χ3v) is 4.75. The SMILES string of the molecule is CCCC(NC(=O)C1(C#N)CCOCC1)c1cccs1. The summed E-state index contributed by atoms with van der Waals surface area (Å²) in [7, 11) is 0. The van der Waals surface area contributed by atoms with Crippen molar-refractivity contribution in [3.05, 3.63) is 22.4 Å². The Morgan fingerprint density at radius 1 is 1.60 bits per heavy atom. The lowest BCUT2D eigenvalue weighted by Crippen LogP contribution is -2.44. The molecule has 1 aliphatic heterocycles. The van der Waals surface area contributed by atoms with Gasteiger partial charge in [0.05, 0.1) is 12.1 Å². The smallest absolute Gasteiger partial charge is 0.241 e. The first-order valence-corrected chi connectivity index (χ1v) is 7.93. The van der Waals surface area contributed by atoms with E-state index in [-0.39, 0.29) is 11.9 Å². The molecule has 2 rings (SSSR count). The second kappa shape index (κ2) is 6.87. The summed E-state index contributed by atoms with van der Waals surface area (Å²) in [6.45, 7) is 3.07. The first-order chi connectivity index (χ1) is 9.72. The van der Waals surface area contributed by atoms with E-state index < -0.39 is 5.41 Å². The Hall–Kier alpha value is -1.38. The van der Waals surface area contributed by atoms with Crippen LogP contribution in [0.1, 0.15) is 43.5 Å². The number of ether oxygens (including phenoxy) is 1. The average Bonchev–Trinajstić information content (AvgIpc) is 3.01. The van der Waals surface area contributed by atoms with E-state index in [2.05, 4.69) is 18.3 Å². The van der Waals surface area contributed by atoms with Crippen molar-refractivity contribution in [3.63, 3.8) is 0 Å². The highest BCUT2D eigenvalue weighted by atomic mass is 32.1. The summed E-state index contributed by atoms with van der Waals surface area (Å²) in [5, 5.41) is 14.5. The van der Waals surface area contributed by atoms with E-state index in [9.17, 15) is 10.1 Å². The van der Waals surface area contributed by atoms with Crippen LogP contribution < -0.4 is 5.32 Å². The molecule has 0 aromatic carbocycles. The van der Waals surface area contributed by atoms with Gasteiger partial charge in [-0.25, -0.2) is 0 Å². The van der Waals surface area contributed by atoms with Crippen LogP contribution >= 0.6 is 11.3 Å². The Balaban J connectivity index is 2.09. The van der Waals surface area contributed by atoms with E-state index >= 15 is 0 Å². The summed E-state index contributed by atoms with van der Waals surface area (Å²) in [6.07, 6.45) is 2.85. The number of rotatable bonds is 5. The molecule has 20 heavy (non-hydrogen) atoms. The molecule has 0 saturated carbocycles. The van der Waals surface area contributed by atoms with Gasteiger partial charge in [-0.3, -0.25) is 4.79 Å². The minimum atomic E-state index is -0.915. The molecular formula is C15H20N2O2S. The van der Waals surface area contributed by atoms with Crippen molar-refractivity contribution in [2.75, 3.05) is 13.2 Å². The minimum absolute atomic E-state index is 0.0144. The van der Waals surface area contributed by atoms with E-state index in [1.807, 2.05) is 17.5 Å². The van der Waals surface area contributed by atoms with Gasteiger partial charge in [-0.2, -0.15) is 5.26 Å². The summed E-state index contributed by atoms with van der Waals surface area (Å²) < 4.78 is 5.27. The van der Waals surface area contributed by atoms with Gasteiger partial charge in [-0.15, -0.1) is 11.3 Å². The van der Waals surface area contributed by atoms with Crippen LogP contribution in [0.5, 0.6) is 0 Å². The molecule has 5 heteroatoms. The molecule has 1 aliphatic rings. The highest BCUT2D eigenvalue weighted by Gasteiger charge is 2.41. The van der Waals surface area contributed by atoms with Gasteiger partial charge in [0.15, 0.2) is 0 Å². The zero-order valence-corrected chi connectivity index (χ0v) is 12.5. The fraction of sp³-hybridized carbons (Fsp3) is 0.600. The van der Waals surface area contributed by atoms with Gasteiger partial charge >= 0.3 is 0 Å². The zero-order valence-electron chi connectivity index (χ0n) is 11.7. The maximum Gasteiger partial charge on any atom is 0.241 e. The molecule has 1 saturated heterocycles. The molecule has 1 atom stereocenters. The van der Waals surface area contributed by atoms with Gasteiger partial charge in [0.1, 0.15) is 5.41 Å². The minimum Gasteiger partial charge on any atom is -0.381 e. The number of carbonyl (C=O) groups is 1. The predicted octanol–water partition coefficient (Wildman–Crippen LogP) is 3.03. The topological polar surface area (TPSA) is 62.1 Å². The van der Waals surface area contributed by atoms with Gasteiger partial charge in [0, 0.05) is 18.1 Å². The normalized spacial score (nSPS) is 19.0. The lowest BCUT2D eigenvalue weighted by Gasteiger charge is -2.31. The number of thiophene rings is 1. The summed E-state index contributed by atoms with van der Waals surface area (Å²) in [6, 6.07) is 6.26. The van der Waals surface area contributed by atoms with Crippen molar-refractivity contribution >= 4 is 17.2 Å². The Labute approximate surface area is 123 Å². The molecule has 1 unspecified atom stereocenters. The molecule has 108 valence electrons. The molecule has 2 heterocycles. The quantitative estimate of drug-likeness (QED) is 0.907. The lowest BCUT2D eigenvalue weighted by atomic mass is 9.80. The summed E-state index contributed by atoms with van der Waals surface area (Å²) >= 11 is 1.64. The van der Waals surface area contributed by atoms with Crippen molar-refractivity contribution < 1.29 is 9.53 Å². The first kappa shape index (κ1) is 15.0. The molecule has 1 amide bonds. The Morgan fingerprint density at radius 3 is 2.90 bits per heavy atom.